The number of hydrogen-bond acceptors (Lipinski definition) is 3. The molecule has 1 atom stereocenters. The van der Waals surface area contributed by atoms with Crippen molar-refractivity contribution in [1.29, 1.82) is 0 Å². The second kappa shape index (κ2) is 6.75. The summed E-state index contributed by atoms with van der Waals surface area (Å²) in [6.07, 6.45) is 5.04. The van der Waals surface area contributed by atoms with Crippen LogP contribution >= 0.6 is 0 Å². The Hall–Kier alpha value is -1.29. The van der Waals surface area contributed by atoms with E-state index in [1.165, 1.54) is 31.9 Å². The number of anilines is 2. The predicted molar refractivity (Wildman–Crippen MR) is 78.8 cm³/mol. The summed E-state index contributed by atoms with van der Waals surface area (Å²) in [5, 5.41) is 3.22. The number of hydrogen-bond donors (Lipinski definition) is 2. The zero-order valence-electron chi connectivity index (χ0n) is 11.7. The van der Waals surface area contributed by atoms with E-state index < -0.39 is 0 Å². The van der Waals surface area contributed by atoms with Crippen molar-refractivity contribution in [2.24, 2.45) is 0 Å². The van der Waals surface area contributed by atoms with E-state index in [9.17, 15) is 4.39 Å². The van der Waals surface area contributed by atoms with Gasteiger partial charge >= 0.3 is 0 Å². The average molecular weight is 265 g/mol. The second-order valence-corrected chi connectivity index (χ2v) is 5.36. The highest BCUT2D eigenvalue weighted by atomic mass is 19.1. The van der Waals surface area contributed by atoms with Crippen molar-refractivity contribution in [1.82, 2.24) is 4.90 Å². The van der Waals surface area contributed by atoms with Crippen molar-refractivity contribution in [3.8, 4) is 0 Å². The standard InChI is InChI=1S/C15H24FN3/c1-12-6-2-3-10-19(12)11-5-9-18-14-8-4-7-13(16)15(14)17/h4,7-8,12,18H,2-3,5-6,9-11,17H2,1H3. The predicted octanol–water partition coefficient (Wildman–Crippen LogP) is 3.08. The van der Waals surface area contributed by atoms with Crippen molar-refractivity contribution in [2.75, 3.05) is 30.7 Å². The highest BCUT2D eigenvalue weighted by Crippen LogP contribution is 2.21. The van der Waals surface area contributed by atoms with Gasteiger partial charge in [-0.1, -0.05) is 12.5 Å². The van der Waals surface area contributed by atoms with Gasteiger partial charge < -0.3 is 16.0 Å². The molecule has 0 aliphatic carbocycles. The number of para-hydroxylation sites is 1. The van der Waals surface area contributed by atoms with Gasteiger partial charge in [-0.15, -0.1) is 0 Å². The third kappa shape index (κ3) is 3.83. The maximum Gasteiger partial charge on any atom is 0.148 e. The van der Waals surface area contributed by atoms with Crippen LogP contribution in [-0.2, 0) is 0 Å². The Bertz CT molecular complexity index is 408. The number of rotatable bonds is 5. The number of likely N-dealkylation sites (tertiary alicyclic amines) is 1. The van der Waals surface area contributed by atoms with Gasteiger partial charge in [0.15, 0.2) is 0 Å². The summed E-state index contributed by atoms with van der Waals surface area (Å²) in [6, 6.07) is 5.59. The van der Waals surface area contributed by atoms with Crippen LogP contribution in [0, 0.1) is 5.82 Å². The lowest BCUT2D eigenvalue weighted by Crippen LogP contribution is -2.38. The van der Waals surface area contributed by atoms with E-state index in [0.717, 1.165) is 19.5 Å². The quantitative estimate of drug-likeness (QED) is 0.635. The van der Waals surface area contributed by atoms with Crippen LogP contribution in [0.15, 0.2) is 18.2 Å². The second-order valence-electron chi connectivity index (χ2n) is 5.36. The van der Waals surface area contributed by atoms with Crippen molar-refractivity contribution < 1.29 is 4.39 Å². The minimum Gasteiger partial charge on any atom is -0.395 e. The lowest BCUT2D eigenvalue weighted by molar-refractivity contribution is 0.160. The number of halogens is 1. The SMILES string of the molecule is CC1CCCCN1CCCNc1cccc(F)c1N. The lowest BCUT2D eigenvalue weighted by Gasteiger charge is -2.33. The number of piperidine rings is 1. The maximum atomic E-state index is 13.3. The van der Waals surface area contributed by atoms with Gasteiger partial charge in [0, 0.05) is 19.1 Å². The maximum absolute atomic E-state index is 13.3. The average Bonchev–Trinajstić information content (AvgIpc) is 2.41. The summed E-state index contributed by atoms with van der Waals surface area (Å²) in [6.45, 7) is 5.45. The van der Waals surface area contributed by atoms with E-state index in [0.29, 0.717) is 11.7 Å². The molecule has 0 saturated carbocycles. The van der Waals surface area contributed by atoms with E-state index in [-0.39, 0.29) is 11.5 Å². The molecule has 0 bridgehead atoms. The fourth-order valence-electron chi connectivity index (χ4n) is 2.69. The molecule has 1 unspecified atom stereocenters. The summed E-state index contributed by atoms with van der Waals surface area (Å²) >= 11 is 0. The highest BCUT2D eigenvalue weighted by molar-refractivity contribution is 5.66. The molecule has 3 N–H and O–H groups in total. The largest absolute Gasteiger partial charge is 0.395 e. The van der Waals surface area contributed by atoms with Gasteiger partial charge in [-0.3, -0.25) is 0 Å². The van der Waals surface area contributed by atoms with Gasteiger partial charge in [0.2, 0.25) is 0 Å². The minimum absolute atomic E-state index is 0.217. The number of nitrogens with zero attached hydrogens (tertiary/aromatic N) is 1. The number of nitrogens with one attached hydrogen (secondary N) is 1. The molecule has 106 valence electrons. The molecular weight excluding hydrogens is 241 g/mol. The van der Waals surface area contributed by atoms with Gasteiger partial charge in [0.1, 0.15) is 5.82 Å². The summed E-state index contributed by atoms with van der Waals surface area (Å²) in [5.41, 5.74) is 6.60. The zero-order chi connectivity index (χ0) is 13.7. The molecule has 0 amide bonds. The normalized spacial score (nSPS) is 20.4. The molecule has 1 fully saturated rings. The van der Waals surface area contributed by atoms with Crippen molar-refractivity contribution in [2.45, 2.75) is 38.6 Å². The minimum atomic E-state index is -0.352. The van der Waals surface area contributed by atoms with E-state index >= 15 is 0 Å². The van der Waals surface area contributed by atoms with Gasteiger partial charge in [-0.05, 0) is 44.9 Å². The van der Waals surface area contributed by atoms with Crippen molar-refractivity contribution in [3.63, 3.8) is 0 Å². The van der Waals surface area contributed by atoms with Crippen LogP contribution in [0.4, 0.5) is 15.8 Å². The molecule has 1 saturated heterocycles. The molecular formula is C15H24FN3. The molecule has 1 heterocycles. The summed E-state index contributed by atoms with van der Waals surface area (Å²) in [7, 11) is 0. The molecule has 2 rings (SSSR count). The van der Waals surface area contributed by atoms with Crippen LogP contribution in [0.3, 0.4) is 0 Å². The van der Waals surface area contributed by atoms with Crippen LogP contribution < -0.4 is 11.1 Å². The monoisotopic (exact) mass is 265 g/mol. The summed E-state index contributed by atoms with van der Waals surface area (Å²) in [5.74, 6) is -0.352. The number of benzene rings is 1. The van der Waals surface area contributed by atoms with Crippen LogP contribution in [0.2, 0.25) is 0 Å². The molecule has 19 heavy (non-hydrogen) atoms. The first kappa shape index (κ1) is 14.1. The zero-order valence-corrected chi connectivity index (χ0v) is 11.7. The third-order valence-electron chi connectivity index (χ3n) is 3.93. The number of nitrogens with two attached hydrogens (primary N) is 1. The third-order valence-corrected chi connectivity index (χ3v) is 3.93. The molecule has 3 nitrogen and oxygen atoms in total. The Balaban J connectivity index is 1.73. The van der Waals surface area contributed by atoms with Gasteiger partial charge in [-0.25, -0.2) is 4.39 Å². The molecule has 0 spiro atoms. The van der Waals surface area contributed by atoms with E-state index in [1.54, 1.807) is 6.07 Å². The Morgan fingerprint density at radius 3 is 3.05 bits per heavy atom. The smallest absolute Gasteiger partial charge is 0.148 e. The van der Waals surface area contributed by atoms with Crippen molar-refractivity contribution >= 4 is 11.4 Å². The Kier molecular flexibility index (Phi) is 5.02. The molecule has 1 aromatic rings. The van der Waals surface area contributed by atoms with Gasteiger partial charge in [0.25, 0.3) is 0 Å². The first-order chi connectivity index (χ1) is 9.18. The van der Waals surface area contributed by atoms with E-state index in [2.05, 4.69) is 17.1 Å². The fraction of sp³-hybridized carbons (Fsp3) is 0.600. The number of nitrogen functional groups attached to an aromatic ring is 1. The topological polar surface area (TPSA) is 41.3 Å². The van der Waals surface area contributed by atoms with Crippen LogP contribution in [-0.4, -0.2) is 30.6 Å². The van der Waals surface area contributed by atoms with Gasteiger partial charge in [-0.2, -0.15) is 0 Å². The summed E-state index contributed by atoms with van der Waals surface area (Å²) < 4.78 is 13.3. The van der Waals surface area contributed by atoms with Crippen LogP contribution in [0.1, 0.15) is 32.6 Å². The molecule has 1 aliphatic heterocycles. The Morgan fingerprint density at radius 1 is 1.42 bits per heavy atom. The first-order valence-corrected chi connectivity index (χ1v) is 7.20. The Morgan fingerprint density at radius 2 is 2.26 bits per heavy atom. The lowest BCUT2D eigenvalue weighted by atomic mass is 10.0. The van der Waals surface area contributed by atoms with Crippen molar-refractivity contribution in [3.05, 3.63) is 24.0 Å². The Labute approximate surface area is 115 Å². The molecule has 0 radical (unpaired) electrons. The van der Waals surface area contributed by atoms with E-state index in [1.807, 2.05) is 6.07 Å². The van der Waals surface area contributed by atoms with Crippen LogP contribution in [0.5, 0.6) is 0 Å². The molecule has 4 heteroatoms. The van der Waals surface area contributed by atoms with Crippen LogP contribution in [0.25, 0.3) is 0 Å². The summed E-state index contributed by atoms with van der Waals surface area (Å²) in [4.78, 5) is 2.54. The first-order valence-electron chi connectivity index (χ1n) is 7.20. The van der Waals surface area contributed by atoms with E-state index in [4.69, 9.17) is 5.73 Å². The highest BCUT2D eigenvalue weighted by Gasteiger charge is 2.17. The molecule has 0 aromatic heterocycles. The fourth-order valence-corrected chi connectivity index (χ4v) is 2.69. The molecule has 1 aromatic carbocycles. The molecule has 1 aliphatic rings. The van der Waals surface area contributed by atoms with Gasteiger partial charge in [0.05, 0.1) is 11.4 Å².